The number of carbonyl (C=O) groups excluding carboxylic acids is 2. The molecule has 1 fully saturated rings. The highest BCUT2D eigenvalue weighted by atomic mass is 32.2. The van der Waals surface area contributed by atoms with Crippen molar-refractivity contribution in [1.29, 1.82) is 0 Å². The maximum Gasteiger partial charge on any atom is 0.325 e. The van der Waals surface area contributed by atoms with E-state index in [2.05, 4.69) is 6.92 Å². The fourth-order valence-electron chi connectivity index (χ4n) is 3.46. The molecule has 1 aromatic heterocycles. The van der Waals surface area contributed by atoms with Crippen LogP contribution in [0, 0.1) is 6.92 Å². The SMILES string of the molecule is CCCCCOC(=O)CN1C(=O)CSC1c1c(C)n(C)n(-c2ccccc2)c1=O. The zero-order valence-corrected chi connectivity index (χ0v) is 17.9. The molecular formula is C21H27N3O4S. The van der Waals surface area contributed by atoms with Gasteiger partial charge in [-0.25, -0.2) is 4.68 Å². The van der Waals surface area contributed by atoms with Gasteiger partial charge in [-0.2, -0.15) is 0 Å². The van der Waals surface area contributed by atoms with Gasteiger partial charge < -0.3 is 9.64 Å². The van der Waals surface area contributed by atoms with Crippen molar-refractivity contribution in [2.45, 2.75) is 38.5 Å². The predicted octanol–water partition coefficient (Wildman–Crippen LogP) is 2.79. The molecule has 2 aromatic rings. The summed E-state index contributed by atoms with van der Waals surface area (Å²) in [5.74, 6) is -0.342. The molecule has 1 atom stereocenters. The number of hydrogen-bond donors (Lipinski definition) is 0. The topological polar surface area (TPSA) is 73.5 Å². The maximum atomic E-state index is 13.3. The van der Waals surface area contributed by atoms with Gasteiger partial charge in [-0.3, -0.25) is 19.1 Å². The summed E-state index contributed by atoms with van der Waals surface area (Å²) in [6.07, 6.45) is 2.85. The highest BCUT2D eigenvalue weighted by molar-refractivity contribution is 8.00. The minimum absolute atomic E-state index is 0.137. The molecule has 0 spiro atoms. The zero-order valence-electron chi connectivity index (χ0n) is 17.1. The van der Waals surface area contributed by atoms with Gasteiger partial charge in [0.15, 0.2) is 0 Å². The second-order valence-corrected chi connectivity index (χ2v) is 8.16. The summed E-state index contributed by atoms with van der Waals surface area (Å²) in [6.45, 7) is 4.16. The minimum atomic E-state index is -0.491. The number of para-hydroxylation sites is 1. The molecule has 0 N–H and O–H groups in total. The lowest BCUT2D eigenvalue weighted by Crippen LogP contribution is -2.36. The lowest BCUT2D eigenvalue weighted by Gasteiger charge is -2.22. The molecule has 1 saturated heterocycles. The summed E-state index contributed by atoms with van der Waals surface area (Å²) in [5.41, 5.74) is 1.88. The lowest BCUT2D eigenvalue weighted by atomic mass is 10.2. The first-order valence-electron chi connectivity index (χ1n) is 9.86. The van der Waals surface area contributed by atoms with Crippen LogP contribution < -0.4 is 5.56 Å². The summed E-state index contributed by atoms with van der Waals surface area (Å²) in [6, 6.07) is 9.37. The van der Waals surface area contributed by atoms with Gasteiger partial charge in [0.25, 0.3) is 5.56 Å². The van der Waals surface area contributed by atoms with Crippen molar-refractivity contribution in [3.05, 3.63) is 51.9 Å². The Bertz CT molecular complexity index is 935. The van der Waals surface area contributed by atoms with E-state index in [9.17, 15) is 14.4 Å². The molecule has 156 valence electrons. The normalized spacial score (nSPS) is 16.4. The van der Waals surface area contributed by atoms with Gasteiger partial charge in [-0.15, -0.1) is 11.8 Å². The van der Waals surface area contributed by atoms with E-state index in [-0.39, 0.29) is 23.8 Å². The van der Waals surface area contributed by atoms with Gasteiger partial charge in [0, 0.05) is 12.7 Å². The Morgan fingerprint density at radius 1 is 1.21 bits per heavy atom. The molecule has 1 unspecified atom stereocenters. The van der Waals surface area contributed by atoms with Gasteiger partial charge in [0.2, 0.25) is 5.91 Å². The summed E-state index contributed by atoms with van der Waals surface area (Å²) < 4.78 is 8.65. The first-order chi connectivity index (χ1) is 14.0. The Balaban J connectivity index is 1.85. The second kappa shape index (κ2) is 9.35. The number of nitrogens with zero attached hydrogens (tertiary/aromatic N) is 3. The van der Waals surface area contributed by atoms with Crippen molar-refractivity contribution >= 4 is 23.6 Å². The number of amides is 1. The highest BCUT2D eigenvalue weighted by Crippen LogP contribution is 2.38. The van der Waals surface area contributed by atoms with Crippen LogP contribution >= 0.6 is 11.8 Å². The number of ether oxygens (including phenoxy) is 1. The third kappa shape index (κ3) is 4.42. The largest absolute Gasteiger partial charge is 0.464 e. The molecule has 0 saturated carbocycles. The third-order valence-corrected chi connectivity index (χ3v) is 6.34. The van der Waals surface area contributed by atoms with E-state index < -0.39 is 11.3 Å². The van der Waals surface area contributed by atoms with Crippen LogP contribution in [0.15, 0.2) is 35.1 Å². The van der Waals surface area contributed by atoms with E-state index in [0.717, 1.165) is 30.6 Å². The number of esters is 1. The monoisotopic (exact) mass is 417 g/mol. The fourth-order valence-corrected chi connectivity index (χ4v) is 4.74. The van der Waals surface area contributed by atoms with Crippen molar-refractivity contribution in [2.24, 2.45) is 7.05 Å². The Morgan fingerprint density at radius 3 is 2.62 bits per heavy atom. The van der Waals surface area contributed by atoms with Gasteiger partial charge in [0.05, 0.1) is 23.6 Å². The Hall–Kier alpha value is -2.48. The molecule has 2 heterocycles. The number of rotatable bonds is 8. The number of hydrogen-bond acceptors (Lipinski definition) is 5. The van der Waals surface area contributed by atoms with Crippen LogP contribution in [0.25, 0.3) is 5.69 Å². The molecule has 8 heteroatoms. The van der Waals surface area contributed by atoms with E-state index in [0.29, 0.717) is 12.2 Å². The second-order valence-electron chi connectivity index (χ2n) is 7.09. The maximum absolute atomic E-state index is 13.3. The highest BCUT2D eigenvalue weighted by Gasteiger charge is 2.38. The number of aromatic nitrogens is 2. The summed E-state index contributed by atoms with van der Waals surface area (Å²) in [7, 11) is 1.82. The van der Waals surface area contributed by atoms with Crippen LogP contribution in [0.2, 0.25) is 0 Å². The van der Waals surface area contributed by atoms with E-state index in [1.807, 2.05) is 44.3 Å². The molecule has 0 bridgehead atoms. The third-order valence-electron chi connectivity index (χ3n) is 5.12. The van der Waals surface area contributed by atoms with Crippen molar-refractivity contribution in [3.63, 3.8) is 0 Å². The van der Waals surface area contributed by atoms with Crippen molar-refractivity contribution in [3.8, 4) is 5.69 Å². The average Bonchev–Trinajstić information content (AvgIpc) is 3.16. The number of benzene rings is 1. The van der Waals surface area contributed by atoms with Crippen LogP contribution in [-0.2, 0) is 21.4 Å². The lowest BCUT2D eigenvalue weighted by molar-refractivity contribution is -0.148. The molecular weight excluding hydrogens is 390 g/mol. The van der Waals surface area contributed by atoms with Crippen LogP contribution in [0.1, 0.15) is 42.8 Å². The summed E-state index contributed by atoms with van der Waals surface area (Å²) in [5, 5.41) is -0.491. The van der Waals surface area contributed by atoms with Crippen LogP contribution in [0.5, 0.6) is 0 Å². The quantitative estimate of drug-likeness (QED) is 0.488. The number of unbranched alkanes of at least 4 members (excludes halogenated alkanes) is 2. The molecule has 0 aliphatic carbocycles. The number of carbonyl (C=O) groups is 2. The van der Waals surface area contributed by atoms with Crippen LogP contribution in [0.4, 0.5) is 0 Å². The van der Waals surface area contributed by atoms with Crippen molar-refractivity contribution in [1.82, 2.24) is 14.3 Å². The first kappa shape index (κ1) is 21.2. The Kier molecular flexibility index (Phi) is 6.84. The molecule has 29 heavy (non-hydrogen) atoms. The molecule has 3 rings (SSSR count). The zero-order chi connectivity index (χ0) is 21.0. The first-order valence-corrected chi connectivity index (χ1v) is 10.9. The van der Waals surface area contributed by atoms with Gasteiger partial charge >= 0.3 is 5.97 Å². The van der Waals surface area contributed by atoms with E-state index in [1.54, 1.807) is 9.36 Å². The molecule has 1 aliphatic heterocycles. The minimum Gasteiger partial charge on any atom is -0.464 e. The molecule has 0 radical (unpaired) electrons. The van der Waals surface area contributed by atoms with E-state index >= 15 is 0 Å². The predicted molar refractivity (Wildman–Crippen MR) is 113 cm³/mol. The molecule has 1 amide bonds. The standard InChI is InChI=1S/C21H27N3O4S/c1-4-5-9-12-28-18(26)13-23-17(25)14-29-21(23)19-15(2)22(3)24(20(19)27)16-10-7-6-8-11-16/h6-8,10-11,21H,4-5,9,12-14H2,1-3H3. The summed E-state index contributed by atoms with van der Waals surface area (Å²) in [4.78, 5) is 39.4. The van der Waals surface area contributed by atoms with Gasteiger partial charge in [-0.05, 0) is 25.5 Å². The summed E-state index contributed by atoms with van der Waals surface area (Å²) >= 11 is 1.37. The van der Waals surface area contributed by atoms with Crippen LogP contribution in [-0.4, -0.2) is 45.0 Å². The van der Waals surface area contributed by atoms with Crippen molar-refractivity contribution < 1.29 is 14.3 Å². The molecule has 1 aromatic carbocycles. The number of thioether (sulfide) groups is 1. The Morgan fingerprint density at radius 2 is 1.93 bits per heavy atom. The van der Waals surface area contributed by atoms with Gasteiger partial charge in [0.1, 0.15) is 11.9 Å². The molecule has 1 aliphatic rings. The van der Waals surface area contributed by atoms with Gasteiger partial charge in [-0.1, -0.05) is 38.0 Å². The fraction of sp³-hybridized carbons (Fsp3) is 0.476. The van der Waals surface area contributed by atoms with Crippen LogP contribution in [0.3, 0.4) is 0 Å². The van der Waals surface area contributed by atoms with E-state index in [1.165, 1.54) is 16.7 Å². The van der Waals surface area contributed by atoms with E-state index in [4.69, 9.17) is 4.74 Å². The smallest absolute Gasteiger partial charge is 0.325 e. The Labute approximate surface area is 174 Å². The van der Waals surface area contributed by atoms with Crippen molar-refractivity contribution in [2.75, 3.05) is 18.9 Å². The molecule has 7 nitrogen and oxygen atoms in total. The average molecular weight is 418 g/mol.